The van der Waals surface area contributed by atoms with Crippen LogP contribution >= 0.6 is 0 Å². The van der Waals surface area contributed by atoms with E-state index >= 15 is 0 Å². The highest BCUT2D eigenvalue weighted by Gasteiger charge is 2.28. The molecule has 2 rings (SSSR count). The van der Waals surface area contributed by atoms with Gasteiger partial charge in [0, 0.05) is 23.4 Å². The van der Waals surface area contributed by atoms with Gasteiger partial charge in [-0.1, -0.05) is 26.7 Å². The van der Waals surface area contributed by atoms with Crippen molar-refractivity contribution in [2.24, 2.45) is 11.8 Å². The van der Waals surface area contributed by atoms with Crippen molar-refractivity contribution < 1.29 is 4.92 Å². The largest absolute Gasteiger partial charge is 0.382 e. The molecule has 0 aromatic heterocycles. The van der Waals surface area contributed by atoms with E-state index in [-0.39, 0.29) is 10.6 Å². The number of benzene rings is 1. The molecule has 2 atom stereocenters. The maximum atomic E-state index is 11.1. The summed E-state index contributed by atoms with van der Waals surface area (Å²) in [6.45, 7) is 8.36. The summed E-state index contributed by atoms with van der Waals surface area (Å²) in [6.07, 6.45) is 4.95. The summed E-state index contributed by atoms with van der Waals surface area (Å²) in [7, 11) is 0. The zero-order valence-corrected chi connectivity index (χ0v) is 13.5. The van der Waals surface area contributed by atoms with E-state index in [1.165, 1.54) is 19.3 Å². The zero-order valence-electron chi connectivity index (χ0n) is 13.5. The van der Waals surface area contributed by atoms with E-state index in [2.05, 4.69) is 19.2 Å². The first-order chi connectivity index (χ1) is 9.90. The molecule has 1 aliphatic rings. The van der Waals surface area contributed by atoms with Gasteiger partial charge in [0.25, 0.3) is 5.69 Å². The lowest BCUT2D eigenvalue weighted by Crippen LogP contribution is -2.35. The summed E-state index contributed by atoms with van der Waals surface area (Å²) in [5.41, 5.74) is 2.95. The number of nitrogens with one attached hydrogen (secondary N) is 1. The van der Waals surface area contributed by atoms with E-state index in [9.17, 15) is 10.1 Å². The van der Waals surface area contributed by atoms with Crippen molar-refractivity contribution in [3.05, 3.63) is 33.4 Å². The third kappa shape index (κ3) is 3.55. The van der Waals surface area contributed by atoms with E-state index in [1.807, 2.05) is 13.0 Å². The van der Waals surface area contributed by atoms with Gasteiger partial charge in [0.05, 0.1) is 4.92 Å². The van der Waals surface area contributed by atoms with Crippen LogP contribution in [0.3, 0.4) is 0 Å². The van der Waals surface area contributed by atoms with Gasteiger partial charge < -0.3 is 5.32 Å². The molecule has 1 saturated carbocycles. The molecule has 4 nitrogen and oxygen atoms in total. The van der Waals surface area contributed by atoms with Crippen molar-refractivity contribution >= 4 is 11.4 Å². The average molecular weight is 290 g/mol. The predicted octanol–water partition coefficient (Wildman–Crippen LogP) is 4.84. The highest BCUT2D eigenvalue weighted by molar-refractivity contribution is 5.60. The highest BCUT2D eigenvalue weighted by atomic mass is 16.6. The summed E-state index contributed by atoms with van der Waals surface area (Å²) >= 11 is 0. The van der Waals surface area contributed by atoms with Crippen LogP contribution in [0.15, 0.2) is 12.1 Å². The van der Waals surface area contributed by atoms with E-state index in [0.717, 1.165) is 23.2 Å². The Balaban J connectivity index is 2.25. The molecule has 0 saturated heterocycles. The van der Waals surface area contributed by atoms with Crippen molar-refractivity contribution in [2.75, 3.05) is 5.32 Å². The van der Waals surface area contributed by atoms with Crippen molar-refractivity contribution in [1.29, 1.82) is 0 Å². The quantitative estimate of drug-likeness (QED) is 0.637. The summed E-state index contributed by atoms with van der Waals surface area (Å²) in [4.78, 5) is 10.8. The van der Waals surface area contributed by atoms with Gasteiger partial charge in [-0.05, 0) is 50.2 Å². The smallest absolute Gasteiger partial charge is 0.274 e. The molecule has 2 unspecified atom stereocenters. The summed E-state index contributed by atoms with van der Waals surface area (Å²) < 4.78 is 0. The predicted molar refractivity (Wildman–Crippen MR) is 86.8 cm³/mol. The summed E-state index contributed by atoms with van der Waals surface area (Å²) in [5, 5.41) is 14.7. The van der Waals surface area contributed by atoms with Crippen LogP contribution in [0, 0.1) is 35.8 Å². The number of hydrogen-bond acceptors (Lipinski definition) is 3. The number of anilines is 1. The minimum absolute atomic E-state index is 0.208. The van der Waals surface area contributed by atoms with Gasteiger partial charge in [-0.15, -0.1) is 0 Å². The van der Waals surface area contributed by atoms with E-state index in [4.69, 9.17) is 0 Å². The van der Waals surface area contributed by atoms with Gasteiger partial charge in [0.2, 0.25) is 0 Å². The lowest BCUT2D eigenvalue weighted by Gasteiger charge is -2.36. The molecule has 0 radical (unpaired) electrons. The molecule has 116 valence electrons. The molecule has 0 heterocycles. The van der Waals surface area contributed by atoms with Crippen molar-refractivity contribution in [2.45, 2.75) is 59.4 Å². The Labute approximate surface area is 127 Å². The third-order valence-electron chi connectivity index (χ3n) is 4.76. The molecule has 4 heteroatoms. The number of hydrogen-bond donors (Lipinski definition) is 1. The summed E-state index contributed by atoms with van der Waals surface area (Å²) in [5.74, 6) is 1.29. The van der Waals surface area contributed by atoms with Crippen LogP contribution in [0.5, 0.6) is 0 Å². The number of nitro groups is 1. The molecular formula is C17H26N2O2. The fourth-order valence-electron chi connectivity index (χ4n) is 3.53. The topological polar surface area (TPSA) is 55.2 Å². The van der Waals surface area contributed by atoms with Gasteiger partial charge in [-0.2, -0.15) is 0 Å². The SMILES string of the molecule is Cc1cc(C)c([N+](=O)[O-])cc1NC1CCCCC1C(C)C. The van der Waals surface area contributed by atoms with Gasteiger partial charge in [0.1, 0.15) is 0 Å². The lowest BCUT2D eigenvalue weighted by molar-refractivity contribution is -0.385. The molecule has 0 aliphatic heterocycles. The highest BCUT2D eigenvalue weighted by Crippen LogP contribution is 2.34. The van der Waals surface area contributed by atoms with Crippen LogP contribution in [0.4, 0.5) is 11.4 Å². The van der Waals surface area contributed by atoms with Crippen molar-refractivity contribution in [3.63, 3.8) is 0 Å². The molecular weight excluding hydrogens is 264 g/mol. The second-order valence-electron chi connectivity index (χ2n) is 6.65. The molecule has 0 bridgehead atoms. The Morgan fingerprint density at radius 3 is 2.48 bits per heavy atom. The molecule has 0 amide bonds. The Bertz CT molecular complexity index is 526. The number of nitrogens with zero attached hydrogens (tertiary/aromatic N) is 1. The standard InChI is InChI=1S/C17H26N2O2/c1-11(2)14-7-5-6-8-15(14)18-16-10-17(19(20)21)13(4)9-12(16)3/h9-11,14-15,18H,5-8H2,1-4H3. The molecule has 1 aromatic carbocycles. The van der Waals surface area contributed by atoms with E-state index in [1.54, 1.807) is 13.0 Å². The van der Waals surface area contributed by atoms with Crippen molar-refractivity contribution in [1.82, 2.24) is 0 Å². The monoisotopic (exact) mass is 290 g/mol. The first-order valence-electron chi connectivity index (χ1n) is 7.92. The number of aryl methyl sites for hydroxylation is 2. The van der Waals surface area contributed by atoms with Gasteiger partial charge >= 0.3 is 0 Å². The van der Waals surface area contributed by atoms with Crippen LogP contribution in [-0.2, 0) is 0 Å². The van der Waals surface area contributed by atoms with Gasteiger partial charge in [-0.3, -0.25) is 10.1 Å². The molecule has 1 aliphatic carbocycles. The first kappa shape index (κ1) is 15.8. The maximum Gasteiger partial charge on any atom is 0.274 e. The zero-order chi connectivity index (χ0) is 15.6. The lowest BCUT2D eigenvalue weighted by atomic mass is 9.77. The van der Waals surface area contributed by atoms with Gasteiger partial charge in [-0.25, -0.2) is 0 Å². The fourth-order valence-corrected chi connectivity index (χ4v) is 3.53. The Hall–Kier alpha value is -1.58. The molecule has 21 heavy (non-hydrogen) atoms. The number of nitro benzene ring substituents is 1. The molecule has 0 spiro atoms. The second-order valence-corrected chi connectivity index (χ2v) is 6.65. The molecule has 1 fully saturated rings. The van der Waals surface area contributed by atoms with Crippen LogP contribution < -0.4 is 5.32 Å². The minimum Gasteiger partial charge on any atom is -0.382 e. The van der Waals surface area contributed by atoms with E-state index in [0.29, 0.717) is 17.9 Å². The van der Waals surface area contributed by atoms with Crippen LogP contribution in [0.2, 0.25) is 0 Å². The first-order valence-corrected chi connectivity index (χ1v) is 7.92. The Morgan fingerprint density at radius 1 is 1.19 bits per heavy atom. The van der Waals surface area contributed by atoms with Crippen LogP contribution in [0.1, 0.15) is 50.7 Å². The molecule has 1 N–H and O–H groups in total. The average Bonchev–Trinajstić information content (AvgIpc) is 2.41. The minimum atomic E-state index is -0.291. The Morgan fingerprint density at radius 2 is 1.86 bits per heavy atom. The van der Waals surface area contributed by atoms with Gasteiger partial charge in [0.15, 0.2) is 0 Å². The van der Waals surface area contributed by atoms with Crippen molar-refractivity contribution in [3.8, 4) is 0 Å². The second kappa shape index (κ2) is 6.46. The van der Waals surface area contributed by atoms with Crippen LogP contribution in [-0.4, -0.2) is 11.0 Å². The normalized spacial score (nSPS) is 22.3. The fraction of sp³-hybridized carbons (Fsp3) is 0.647. The maximum absolute atomic E-state index is 11.1. The van der Waals surface area contributed by atoms with Crippen LogP contribution in [0.25, 0.3) is 0 Å². The number of rotatable bonds is 4. The molecule has 1 aromatic rings. The Kier molecular flexibility index (Phi) is 4.86. The van der Waals surface area contributed by atoms with E-state index < -0.39 is 0 Å². The summed E-state index contributed by atoms with van der Waals surface area (Å²) in [6, 6.07) is 4.05. The third-order valence-corrected chi connectivity index (χ3v) is 4.76.